The number of rotatable bonds is 4. The van der Waals surface area contributed by atoms with Crippen LogP contribution in [0.15, 0.2) is 17.7 Å². The number of nitrogens with zero attached hydrogens (tertiary/aromatic N) is 2. The molecule has 0 amide bonds. The molecule has 0 radical (unpaired) electrons. The average molecular weight is 219 g/mol. The molecule has 0 aliphatic heterocycles. The van der Waals surface area contributed by atoms with Crippen LogP contribution in [0.25, 0.3) is 0 Å². The van der Waals surface area contributed by atoms with Gasteiger partial charge in [0, 0.05) is 12.6 Å². The van der Waals surface area contributed by atoms with Gasteiger partial charge in [-0.15, -0.1) is 0 Å². The van der Waals surface area contributed by atoms with Gasteiger partial charge in [0.15, 0.2) is 0 Å². The lowest BCUT2D eigenvalue weighted by molar-refractivity contribution is 0.862. The van der Waals surface area contributed by atoms with Crippen molar-refractivity contribution in [2.45, 2.75) is 25.7 Å². The predicted octanol–water partition coefficient (Wildman–Crippen LogP) is 1.55. The zero-order chi connectivity index (χ0) is 11.4. The zero-order valence-corrected chi connectivity index (χ0v) is 9.24. The predicted molar refractivity (Wildman–Crippen MR) is 65.9 cm³/mol. The van der Waals surface area contributed by atoms with Crippen LogP contribution in [0.3, 0.4) is 0 Å². The lowest BCUT2D eigenvalue weighted by atomic mass is 10.2. The number of nitrogen functional groups attached to an aromatic ring is 2. The highest BCUT2D eigenvalue weighted by atomic mass is 15.1. The fraction of sp³-hybridized carbons (Fsp3) is 0.455. The van der Waals surface area contributed by atoms with Crippen LogP contribution >= 0.6 is 0 Å². The Morgan fingerprint density at radius 1 is 1.31 bits per heavy atom. The Morgan fingerprint density at radius 3 is 2.88 bits per heavy atom. The van der Waals surface area contributed by atoms with Gasteiger partial charge in [-0.05, 0) is 25.7 Å². The quantitative estimate of drug-likeness (QED) is 0.668. The second-order valence-corrected chi connectivity index (χ2v) is 3.97. The van der Waals surface area contributed by atoms with E-state index in [2.05, 4.69) is 21.4 Å². The first kappa shape index (κ1) is 10.7. The first-order valence-corrected chi connectivity index (χ1v) is 5.56. The van der Waals surface area contributed by atoms with E-state index in [0.29, 0.717) is 11.6 Å². The molecular weight excluding hydrogens is 202 g/mol. The standard InChI is InChI=1S/C11H17N5/c12-9-7-10(16-11(13)15-9)14-6-5-8-3-1-2-4-8/h3,7H,1-2,4-6H2,(H5,12,13,14,15,16). The van der Waals surface area contributed by atoms with Crippen LogP contribution in [-0.4, -0.2) is 16.5 Å². The third-order valence-electron chi connectivity index (χ3n) is 2.65. The van der Waals surface area contributed by atoms with Gasteiger partial charge in [0.25, 0.3) is 0 Å². The van der Waals surface area contributed by atoms with E-state index in [1.54, 1.807) is 6.07 Å². The Balaban J connectivity index is 1.84. The van der Waals surface area contributed by atoms with E-state index in [4.69, 9.17) is 11.5 Å². The van der Waals surface area contributed by atoms with Crippen molar-refractivity contribution in [2.75, 3.05) is 23.3 Å². The normalized spacial score (nSPS) is 14.9. The number of hydrogen-bond donors (Lipinski definition) is 3. The summed E-state index contributed by atoms with van der Waals surface area (Å²) in [6.07, 6.45) is 7.13. The van der Waals surface area contributed by atoms with Gasteiger partial charge in [0.2, 0.25) is 5.95 Å². The zero-order valence-electron chi connectivity index (χ0n) is 9.24. The minimum Gasteiger partial charge on any atom is -0.383 e. The fourth-order valence-electron chi connectivity index (χ4n) is 1.89. The molecule has 16 heavy (non-hydrogen) atoms. The number of aromatic nitrogens is 2. The van der Waals surface area contributed by atoms with Gasteiger partial charge in [-0.25, -0.2) is 0 Å². The summed E-state index contributed by atoms with van der Waals surface area (Å²) in [6, 6.07) is 1.69. The molecule has 2 rings (SSSR count). The summed E-state index contributed by atoms with van der Waals surface area (Å²) >= 11 is 0. The maximum absolute atomic E-state index is 5.57. The number of anilines is 3. The third kappa shape index (κ3) is 2.85. The molecule has 0 fully saturated rings. The molecule has 86 valence electrons. The third-order valence-corrected chi connectivity index (χ3v) is 2.65. The first-order valence-electron chi connectivity index (χ1n) is 5.56. The molecule has 0 spiro atoms. The van der Waals surface area contributed by atoms with Crippen LogP contribution in [-0.2, 0) is 0 Å². The molecule has 5 N–H and O–H groups in total. The molecule has 0 aromatic carbocycles. The number of hydrogen-bond acceptors (Lipinski definition) is 5. The van der Waals surface area contributed by atoms with Crippen molar-refractivity contribution >= 4 is 17.6 Å². The lowest BCUT2D eigenvalue weighted by Crippen LogP contribution is -2.07. The maximum Gasteiger partial charge on any atom is 0.223 e. The van der Waals surface area contributed by atoms with E-state index < -0.39 is 0 Å². The molecule has 0 bridgehead atoms. The fourth-order valence-corrected chi connectivity index (χ4v) is 1.89. The van der Waals surface area contributed by atoms with E-state index in [-0.39, 0.29) is 5.95 Å². The molecular formula is C11H17N5. The summed E-state index contributed by atoms with van der Waals surface area (Å²) in [5.74, 6) is 1.31. The summed E-state index contributed by atoms with van der Waals surface area (Å²) in [6.45, 7) is 0.863. The average Bonchev–Trinajstić information content (AvgIpc) is 2.69. The summed E-state index contributed by atoms with van der Waals surface area (Å²) in [5.41, 5.74) is 12.6. The van der Waals surface area contributed by atoms with Crippen molar-refractivity contribution in [2.24, 2.45) is 0 Å². The van der Waals surface area contributed by atoms with Crippen molar-refractivity contribution in [3.63, 3.8) is 0 Å². The lowest BCUT2D eigenvalue weighted by Gasteiger charge is -2.07. The molecule has 0 saturated carbocycles. The Bertz CT molecular complexity index is 379. The summed E-state index contributed by atoms with van der Waals surface area (Å²) < 4.78 is 0. The Kier molecular flexibility index (Phi) is 3.24. The van der Waals surface area contributed by atoms with Crippen molar-refractivity contribution in [3.8, 4) is 0 Å². The molecule has 5 nitrogen and oxygen atoms in total. The molecule has 5 heteroatoms. The van der Waals surface area contributed by atoms with Gasteiger partial charge >= 0.3 is 0 Å². The Hall–Kier alpha value is -1.78. The van der Waals surface area contributed by atoms with E-state index in [0.717, 1.165) is 13.0 Å². The Morgan fingerprint density at radius 2 is 2.19 bits per heavy atom. The molecule has 1 aromatic heterocycles. The van der Waals surface area contributed by atoms with E-state index >= 15 is 0 Å². The van der Waals surface area contributed by atoms with Crippen LogP contribution in [0.1, 0.15) is 25.7 Å². The van der Waals surface area contributed by atoms with Crippen molar-refractivity contribution < 1.29 is 0 Å². The SMILES string of the molecule is Nc1cc(NCCC2=CCCC2)nc(N)n1. The van der Waals surface area contributed by atoms with Crippen LogP contribution in [0.2, 0.25) is 0 Å². The van der Waals surface area contributed by atoms with Gasteiger partial charge in [-0.1, -0.05) is 11.6 Å². The molecule has 1 aliphatic rings. The van der Waals surface area contributed by atoms with Gasteiger partial charge < -0.3 is 16.8 Å². The smallest absolute Gasteiger partial charge is 0.223 e. The Labute approximate surface area is 95.0 Å². The van der Waals surface area contributed by atoms with Crippen LogP contribution in [0.4, 0.5) is 17.6 Å². The maximum atomic E-state index is 5.57. The molecule has 1 aliphatic carbocycles. The summed E-state index contributed by atoms with van der Waals surface area (Å²) in [5, 5.41) is 3.20. The molecule has 1 aromatic rings. The first-order chi connectivity index (χ1) is 7.74. The number of allylic oxidation sites excluding steroid dienone is 1. The number of nitrogens with one attached hydrogen (secondary N) is 1. The summed E-state index contributed by atoms with van der Waals surface area (Å²) in [4.78, 5) is 7.87. The van der Waals surface area contributed by atoms with Crippen molar-refractivity contribution in [1.82, 2.24) is 9.97 Å². The van der Waals surface area contributed by atoms with Crippen molar-refractivity contribution in [1.29, 1.82) is 0 Å². The molecule has 0 saturated heterocycles. The molecule has 0 unspecified atom stereocenters. The second-order valence-electron chi connectivity index (χ2n) is 3.97. The highest BCUT2D eigenvalue weighted by Crippen LogP contribution is 2.20. The van der Waals surface area contributed by atoms with E-state index in [1.165, 1.54) is 24.8 Å². The summed E-state index contributed by atoms with van der Waals surface area (Å²) in [7, 11) is 0. The number of nitrogens with two attached hydrogens (primary N) is 2. The van der Waals surface area contributed by atoms with Gasteiger partial charge in [-0.2, -0.15) is 9.97 Å². The monoisotopic (exact) mass is 219 g/mol. The van der Waals surface area contributed by atoms with Crippen LogP contribution in [0.5, 0.6) is 0 Å². The van der Waals surface area contributed by atoms with Gasteiger partial charge in [0.1, 0.15) is 11.6 Å². The minimum atomic E-state index is 0.211. The van der Waals surface area contributed by atoms with Gasteiger partial charge in [0.05, 0.1) is 0 Å². The van der Waals surface area contributed by atoms with Crippen LogP contribution < -0.4 is 16.8 Å². The molecule has 0 atom stereocenters. The minimum absolute atomic E-state index is 0.211. The highest BCUT2D eigenvalue weighted by molar-refractivity contribution is 5.48. The highest BCUT2D eigenvalue weighted by Gasteiger charge is 2.04. The molecule has 1 heterocycles. The van der Waals surface area contributed by atoms with E-state index in [9.17, 15) is 0 Å². The second kappa shape index (κ2) is 4.83. The topological polar surface area (TPSA) is 89.8 Å². The van der Waals surface area contributed by atoms with E-state index in [1.807, 2.05) is 0 Å². The largest absolute Gasteiger partial charge is 0.383 e. The van der Waals surface area contributed by atoms with Gasteiger partial charge in [-0.3, -0.25) is 0 Å². The van der Waals surface area contributed by atoms with Crippen LogP contribution in [0, 0.1) is 0 Å². The van der Waals surface area contributed by atoms with Crippen molar-refractivity contribution in [3.05, 3.63) is 17.7 Å².